The van der Waals surface area contributed by atoms with Gasteiger partial charge < -0.3 is 4.74 Å². The van der Waals surface area contributed by atoms with Crippen molar-refractivity contribution < 1.29 is 53.3 Å². The number of hydrogen-bond acceptors (Lipinski definition) is 3. The van der Waals surface area contributed by atoms with E-state index in [1.165, 1.54) is 6.92 Å². The summed E-state index contributed by atoms with van der Waals surface area (Å²) in [6, 6.07) is 0. The fourth-order valence-electron chi connectivity index (χ4n) is 0.232. The van der Waals surface area contributed by atoms with Gasteiger partial charge in [0.15, 0.2) is 0 Å². The zero-order valence-electron chi connectivity index (χ0n) is 5.60. The summed E-state index contributed by atoms with van der Waals surface area (Å²) in [5.74, 6) is -1.02. The fourth-order valence-corrected chi connectivity index (χ4v) is 0.232. The van der Waals surface area contributed by atoms with E-state index in [-0.39, 0.29) is 45.4 Å². The summed E-state index contributed by atoms with van der Waals surface area (Å²) in [5.41, 5.74) is 0. The Morgan fingerprint density at radius 2 is 1.70 bits per heavy atom. The van der Waals surface area contributed by atoms with E-state index >= 15 is 0 Å². The third-order valence-corrected chi connectivity index (χ3v) is 0.546. The molecule has 0 rings (SSSR count). The molecule has 0 atom stereocenters. The van der Waals surface area contributed by atoms with Crippen LogP contribution in [-0.4, -0.2) is 11.9 Å². The van der Waals surface area contributed by atoms with Crippen LogP contribution in [0.25, 0.3) is 0 Å². The molecule has 0 spiro atoms. The molecule has 0 aromatic carbocycles. The van der Waals surface area contributed by atoms with E-state index in [1.54, 1.807) is 6.92 Å². The molecule has 0 amide bonds. The van der Waals surface area contributed by atoms with Crippen LogP contribution in [0.3, 0.4) is 0 Å². The molecule has 5 heteroatoms. The molecule has 0 heterocycles. The minimum atomic E-state index is -0.545. The minimum Gasteiger partial charge on any atom is -0.393 e. The van der Waals surface area contributed by atoms with E-state index in [4.69, 9.17) is 0 Å². The van der Waals surface area contributed by atoms with Gasteiger partial charge in [0.2, 0.25) is 0 Å². The summed E-state index contributed by atoms with van der Waals surface area (Å²) in [7, 11) is 0. The van der Waals surface area contributed by atoms with Gasteiger partial charge in [0.1, 0.15) is 0 Å². The zero-order chi connectivity index (χ0) is 6.57. The van der Waals surface area contributed by atoms with E-state index in [9.17, 15) is 9.59 Å². The van der Waals surface area contributed by atoms with Gasteiger partial charge in [-0.2, -0.15) is 0 Å². The van der Waals surface area contributed by atoms with Gasteiger partial charge in [-0.1, -0.05) is 6.92 Å². The molecule has 0 aromatic rings. The largest absolute Gasteiger partial charge is 0.393 e. The molecule has 0 aliphatic carbocycles. The van der Waals surface area contributed by atoms with Crippen LogP contribution >= 0.6 is 0 Å². The summed E-state index contributed by atoms with van der Waals surface area (Å²) in [6.07, 6.45) is 0.250. The summed E-state index contributed by atoms with van der Waals surface area (Å²) >= 11 is 0. The average Bonchev–Trinajstić information content (AvgIpc) is 1.65. The van der Waals surface area contributed by atoms with E-state index in [1.807, 2.05) is 0 Å². The SMILES string of the molecule is CCC(=O)OC(C)=O.[Rh].[Rh]. The van der Waals surface area contributed by atoms with E-state index < -0.39 is 11.9 Å². The third-order valence-electron chi connectivity index (χ3n) is 0.546. The Kier molecular flexibility index (Phi) is 15.7. The van der Waals surface area contributed by atoms with Gasteiger partial charge in [-0.3, -0.25) is 9.59 Å². The molecule has 0 bridgehead atoms. The number of ether oxygens (including phenoxy) is 1. The smallest absolute Gasteiger partial charge is 0.313 e. The van der Waals surface area contributed by atoms with Crippen LogP contribution in [0.15, 0.2) is 0 Å². The maximum Gasteiger partial charge on any atom is 0.313 e. The average molecular weight is 322 g/mol. The first-order valence-corrected chi connectivity index (χ1v) is 2.38. The van der Waals surface area contributed by atoms with Crippen LogP contribution in [0, 0.1) is 0 Å². The Hall–Kier alpha value is 0.387. The maximum absolute atomic E-state index is 10.2. The predicted molar refractivity (Wildman–Crippen MR) is 27.1 cm³/mol. The Morgan fingerprint density at radius 1 is 1.30 bits per heavy atom. The zero-order valence-corrected chi connectivity index (χ0v) is 8.88. The monoisotopic (exact) mass is 322 g/mol. The topological polar surface area (TPSA) is 43.4 Å². The molecule has 0 aliphatic rings. The molecule has 0 fully saturated rings. The molecule has 0 aromatic heterocycles. The van der Waals surface area contributed by atoms with Crippen LogP contribution < -0.4 is 0 Å². The van der Waals surface area contributed by atoms with Gasteiger partial charge in [-0.15, -0.1) is 0 Å². The van der Waals surface area contributed by atoms with Crippen molar-refractivity contribution in [3.05, 3.63) is 0 Å². The second kappa shape index (κ2) is 9.39. The van der Waals surface area contributed by atoms with Crippen LogP contribution in [-0.2, 0) is 53.3 Å². The molecule has 2 radical (unpaired) electrons. The Bertz CT molecular complexity index is 113. The van der Waals surface area contributed by atoms with Gasteiger partial charge in [-0.05, 0) is 0 Å². The number of carbonyl (C=O) groups is 2. The first-order valence-electron chi connectivity index (χ1n) is 2.38. The fraction of sp³-hybridized carbons (Fsp3) is 0.600. The van der Waals surface area contributed by atoms with Gasteiger partial charge in [-0.25, -0.2) is 0 Å². The third kappa shape index (κ3) is 11.2. The standard InChI is InChI=1S/C5H8O3.2Rh/c1-3-5(7)8-4(2)6;;/h3H2,1-2H3;;. The predicted octanol–water partition coefficient (Wildman–Crippen LogP) is 0.481. The first-order chi connectivity index (χ1) is 3.66. The molecule has 0 saturated heterocycles. The van der Waals surface area contributed by atoms with Crippen molar-refractivity contribution in [3.8, 4) is 0 Å². The Labute approximate surface area is 85.4 Å². The van der Waals surface area contributed by atoms with Gasteiger partial charge in [0.05, 0.1) is 0 Å². The van der Waals surface area contributed by atoms with Crippen molar-refractivity contribution in [1.29, 1.82) is 0 Å². The quantitative estimate of drug-likeness (QED) is 0.401. The van der Waals surface area contributed by atoms with Crippen molar-refractivity contribution in [3.63, 3.8) is 0 Å². The molecule has 0 aliphatic heterocycles. The molecular weight excluding hydrogens is 314 g/mol. The van der Waals surface area contributed by atoms with Crippen LogP contribution in [0.1, 0.15) is 20.3 Å². The van der Waals surface area contributed by atoms with Crippen molar-refractivity contribution in [2.24, 2.45) is 0 Å². The summed E-state index contributed by atoms with van der Waals surface area (Å²) in [5, 5.41) is 0. The molecule has 0 N–H and O–H groups in total. The van der Waals surface area contributed by atoms with Gasteiger partial charge in [0.25, 0.3) is 0 Å². The van der Waals surface area contributed by atoms with Crippen LogP contribution in [0.4, 0.5) is 0 Å². The number of carbonyl (C=O) groups excluding carboxylic acids is 2. The van der Waals surface area contributed by atoms with Gasteiger partial charge in [0, 0.05) is 52.3 Å². The van der Waals surface area contributed by atoms with E-state index in [0.29, 0.717) is 0 Å². The molecule has 0 saturated carbocycles. The molecule has 0 unspecified atom stereocenters. The summed E-state index contributed by atoms with van der Waals surface area (Å²) in [6.45, 7) is 2.83. The molecule has 10 heavy (non-hydrogen) atoms. The molecule has 3 nitrogen and oxygen atoms in total. The minimum absolute atomic E-state index is 0. The second-order valence-electron chi connectivity index (χ2n) is 1.32. The normalized spacial score (nSPS) is 6.60. The molecular formula is C5H8O3Rh2. The second-order valence-corrected chi connectivity index (χ2v) is 1.32. The van der Waals surface area contributed by atoms with E-state index in [0.717, 1.165) is 0 Å². The Morgan fingerprint density at radius 3 is 1.80 bits per heavy atom. The van der Waals surface area contributed by atoms with Crippen molar-refractivity contribution in [1.82, 2.24) is 0 Å². The van der Waals surface area contributed by atoms with Crippen molar-refractivity contribution in [2.75, 3.05) is 0 Å². The van der Waals surface area contributed by atoms with E-state index in [2.05, 4.69) is 4.74 Å². The maximum atomic E-state index is 10.2. The Balaban J connectivity index is -0.000000245. The van der Waals surface area contributed by atoms with Crippen molar-refractivity contribution in [2.45, 2.75) is 20.3 Å². The van der Waals surface area contributed by atoms with Crippen LogP contribution in [0.5, 0.6) is 0 Å². The molecule has 64 valence electrons. The van der Waals surface area contributed by atoms with Gasteiger partial charge >= 0.3 is 11.9 Å². The summed E-state index contributed by atoms with van der Waals surface area (Å²) in [4.78, 5) is 20.1. The number of rotatable bonds is 1. The number of esters is 2. The van der Waals surface area contributed by atoms with Crippen molar-refractivity contribution >= 4 is 11.9 Å². The summed E-state index contributed by atoms with van der Waals surface area (Å²) < 4.78 is 4.12. The first kappa shape index (κ1) is 16.8. The van der Waals surface area contributed by atoms with Crippen LogP contribution in [0.2, 0.25) is 0 Å². The number of hydrogen-bond donors (Lipinski definition) is 0.